The van der Waals surface area contributed by atoms with Gasteiger partial charge in [-0.2, -0.15) is 5.10 Å². The summed E-state index contributed by atoms with van der Waals surface area (Å²) in [6.45, 7) is 5.29. The maximum Gasteiger partial charge on any atom is 0.228 e. The Morgan fingerprint density at radius 1 is 1.28 bits per heavy atom. The number of hydrogen-bond acceptors (Lipinski definition) is 3. The number of aromatic nitrogens is 3. The molecule has 0 radical (unpaired) electrons. The van der Waals surface area contributed by atoms with Crippen LogP contribution in [-0.4, -0.2) is 38.7 Å². The van der Waals surface area contributed by atoms with Crippen LogP contribution in [0.25, 0.3) is 11.4 Å². The van der Waals surface area contributed by atoms with E-state index in [1.54, 1.807) is 4.90 Å². The molecule has 0 spiro atoms. The number of amides is 2. The van der Waals surface area contributed by atoms with Crippen molar-refractivity contribution in [2.24, 2.45) is 7.05 Å². The number of aryl methyl sites for hydroxylation is 2. The highest BCUT2D eigenvalue weighted by atomic mass is 16.2. The SMILES string of the molecule is CC(C)NC(=O)CCC(=O)N1CCCn2nc(-c3cccn3C)cc21. The Morgan fingerprint density at radius 2 is 2.08 bits per heavy atom. The summed E-state index contributed by atoms with van der Waals surface area (Å²) in [5.41, 5.74) is 1.88. The Morgan fingerprint density at radius 3 is 2.76 bits per heavy atom. The summed E-state index contributed by atoms with van der Waals surface area (Å²) < 4.78 is 3.90. The van der Waals surface area contributed by atoms with Crippen molar-refractivity contribution in [1.29, 1.82) is 0 Å². The minimum absolute atomic E-state index is 0.0295. The molecule has 3 rings (SSSR count). The number of anilines is 1. The van der Waals surface area contributed by atoms with Gasteiger partial charge in [-0.3, -0.25) is 14.5 Å². The first kappa shape index (κ1) is 17.3. The second kappa shape index (κ2) is 7.13. The predicted octanol–water partition coefficient (Wildman–Crippen LogP) is 1.93. The Hall–Kier alpha value is -2.57. The lowest BCUT2D eigenvalue weighted by Crippen LogP contribution is -2.38. The summed E-state index contributed by atoms with van der Waals surface area (Å²) in [4.78, 5) is 26.2. The van der Waals surface area contributed by atoms with Crippen LogP contribution in [0.2, 0.25) is 0 Å². The molecular weight excluding hydrogens is 318 g/mol. The normalized spacial score (nSPS) is 13.8. The molecular formula is C18H25N5O2. The first-order chi connectivity index (χ1) is 12.0. The molecule has 0 fully saturated rings. The molecule has 7 nitrogen and oxygen atoms in total. The summed E-state index contributed by atoms with van der Waals surface area (Å²) in [7, 11) is 1.98. The van der Waals surface area contributed by atoms with Gasteiger partial charge in [0.25, 0.3) is 0 Å². The summed E-state index contributed by atoms with van der Waals surface area (Å²) in [5, 5.41) is 7.46. The smallest absolute Gasteiger partial charge is 0.228 e. The lowest BCUT2D eigenvalue weighted by Gasteiger charge is -2.27. The van der Waals surface area contributed by atoms with Crippen LogP contribution in [0, 0.1) is 0 Å². The van der Waals surface area contributed by atoms with Crippen LogP contribution in [-0.2, 0) is 23.2 Å². The largest absolute Gasteiger partial charge is 0.354 e. The molecule has 2 amide bonds. The van der Waals surface area contributed by atoms with Gasteiger partial charge in [-0.15, -0.1) is 0 Å². The van der Waals surface area contributed by atoms with Crippen LogP contribution < -0.4 is 10.2 Å². The highest BCUT2D eigenvalue weighted by molar-refractivity contribution is 5.95. The van der Waals surface area contributed by atoms with E-state index in [0.29, 0.717) is 6.54 Å². The summed E-state index contributed by atoms with van der Waals surface area (Å²) >= 11 is 0. The van der Waals surface area contributed by atoms with E-state index in [-0.39, 0.29) is 30.7 Å². The maximum absolute atomic E-state index is 12.6. The molecule has 1 aliphatic heterocycles. The van der Waals surface area contributed by atoms with Crippen LogP contribution in [0.4, 0.5) is 5.82 Å². The minimum atomic E-state index is -0.0848. The highest BCUT2D eigenvalue weighted by Gasteiger charge is 2.25. The van der Waals surface area contributed by atoms with Gasteiger partial charge in [-0.1, -0.05) is 0 Å². The molecule has 0 aliphatic carbocycles. The molecule has 0 atom stereocenters. The molecule has 134 valence electrons. The molecule has 3 heterocycles. The molecule has 2 aromatic heterocycles. The zero-order valence-electron chi connectivity index (χ0n) is 15.0. The zero-order chi connectivity index (χ0) is 18.0. The van der Waals surface area contributed by atoms with Gasteiger partial charge in [0.15, 0.2) is 0 Å². The number of carbonyl (C=O) groups excluding carboxylic acids is 2. The van der Waals surface area contributed by atoms with Crippen molar-refractivity contribution in [3.63, 3.8) is 0 Å². The number of fused-ring (bicyclic) bond motifs is 1. The van der Waals surface area contributed by atoms with Crippen LogP contribution in [0.15, 0.2) is 24.4 Å². The molecule has 0 bridgehead atoms. The average molecular weight is 343 g/mol. The van der Waals surface area contributed by atoms with Crippen LogP contribution in [0.5, 0.6) is 0 Å². The third-order valence-electron chi connectivity index (χ3n) is 4.31. The van der Waals surface area contributed by atoms with Gasteiger partial charge in [0.05, 0.1) is 5.69 Å². The Kier molecular flexibility index (Phi) is 4.92. The topological polar surface area (TPSA) is 72.2 Å². The van der Waals surface area contributed by atoms with Gasteiger partial charge in [0, 0.05) is 51.3 Å². The number of hydrogen-bond donors (Lipinski definition) is 1. The van der Waals surface area contributed by atoms with Gasteiger partial charge in [-0.25, -0.2) is 4.68 Å². The molecule has 1 N–H and O–H groups in total. The van der Waals surface area contributed by atoms with E-state index in [4.69, 9.17) is 0 Å². The standard InChI is InChI=1S/C18H25N5O2/c1-13(2)19-16(24)7-8-18(25)22-10-5-11-23-17(22)12-14(20-23)15-6-4-9-21(15)3/h4,6,9,12-13H,5,7-8,10-11H2,1-3H3,(H,19,24). The number of nitrogens with zero attached hydrogens (tertiary/aromatic N) is 4. The monoisotopic (exact) mass is 343 g/mol. The van der Waals surface area contributed by atoms with E-state index in [1.165, 1.54) is 0 Å². The number of nitrogens with one attached hydrogen (secondary N) is 1. The van der Waals surface area contributed by atoms with Crippen molar-refractivity contribution >= 4 is 17.6 Å². The van der Waals surface area contributed by atoms with Gasteiger partial charge in [0.1, 0.15) is 11.5 Å². The van der Waals surface area contributed by atoms with Crippen LogP contribution >= 0.6 is 0 Å². The van der Waals surface area contributed by atoms with Gasteiger partial charge in [0.2, 0.25) is 11.8 Å². The van der Waals surface area contributed by atoms with Crippen molar-refractivity contribution in [3.8, 4) is 11.4 Å². The average Bonchev–Trinajstić information content (AvgIpc) is 3.16. The van der Waals surface area contributed by atoms with Crippen molar-refractivity contribution < 1.29 is 9.59 Å². The van der Waals surface area contributed by atoms with Crippen molar-refractivity contribution in [3.05, 3.63) is 24.4 Å². The van der Waals surface area contributed by atoms with Crippen LogP contribution in [0.3, 0.4) is 0 Å². The third-order valence-corrected chi connectivity index (χ3v) is 4.31. The second-order valence-electron chi connectivity index (χ2n) is 6.74. The van der Waals surface area contributed by atoms with Crippen molar-refractivity contribution in [1.82, 2.24) is 19.7 Å². The van der Waals surface area contributed by atoms with Gasteiger partial charge in [-0.05, 0) is 32.4 Å². The fraction of sp³-hybridized carbons (Fsp3) is 0.500. The van der Waals surface area contributed by atoms with E-state index in [9.17, 15) is 9.59 Å². The van der Waals surface area contributed by atoms with E-state index in [2.05, 4.69) is 10.4 Å². The fourth-order valence-corrected chi connectivity index (χ4v) is 3.14. The molecule has 0 aromatic carbocycles. The van der Waals surface area contributed by atoms with E-state index < -0.39 is 0 Å². The van der Waals surface area contributed by atoms with Crippen LogP contribution in [0.1, 0.15) is 33.1 Å². The first-order valence-corrected chi connectivity index (χ1v) is 8.75. The predicted molar refractivity (Wildman–Crippen MR) is 96.1 cm³/mol. The first-order valence-electron chi connectivity index (χ1n) is 8.75. The van der Waals surface area contributed by atoms with Crippen molar-refractivity contribution in [2.45, 2.75) is 45.7 Å². The Balaban J connectivity index is 1.73. The molecule has 2 aromatic rings. The molecule has 25 heavy (non-hydrogen) atoms. The number of rotatable bonds is 5. The van der Waals surface area contributed by atoms with E-state index in [1.807, 2.05) is 54.5 Å². The quantitative estimate of drug-likeness (QED) is 0.902. The van der Waals surface area contributed by atoms with Gasteiger partial charge >= 0.3 is 0 Å². The highest BCUT2D eigenvalue weighted by Crippen LogP contribution is 2.28. The lowest BCUT2D eigenvalue weighted by atomic mass is 10.2. The van der Waals surface area contributed by atoms with E-state index in [0.717, 1.165) is 30.2 Å². The molecule has 1 aliphatic rings. The Bertz CT molecular complexity index is 774. The lowest BCUT2D eigenvalue weighted by molar-refractivity contribution is -0.125. The minimum Gasteiger partial charge on any atom is -0.354 e. The second-order valence-corrected chi connectivity index (χ2v) is 6.74. The van der Waals surface area contributed by atoms with E-state index >= 15 is 0 Å². The van der Waals surface area contributed by atoms with Gasteiger partial charge < -0.3 is 9.88 Å². The fourth-order valence-electron chi connectivity index (χ4n) is 3.14. The molecule has 0 unspecified atom stereocenters. The summed E-state index contributed by atoms with van der Waals surface area (Å²) in [5.74, 6) is 0.702. The van der Waals surface area contributed by atoms with Crippen molar-refractivity contribution in [2.75, 3.05) is 11.4 Å². The molecule has 0 saturated carbocycles. The third kappa shape index (κ3) is 3.75. The molecule has 0 saturated heterocycles. The Labute approximate surface area is 147 Å². The zero-order valence-corrected chi connectivity index (χ0v) is 15.0. The summed E-state index contributed by atoms with van der Waals surface area (Å²) in [6.07, 6.45) is 3.27. The summed E-state index contributed by atoms with van der Waals surface area (Å²) in [6, 6.07) is 6.04. The maximum atomic E-state index is 12.6. The number of carbonyl (C=O) groups is 2. The molecule has 7 heteroatoms.